The molecule has 1 aromatic rings. The third-order valence-electron chi connectivity index (χ3n) is 4.10. The number of amides is 1. The largest absolute Gasteiger partial charge is 0.485 e. The van der Waals surface area contributed by atoms with E-state index in [1.165, 1.54) is 6.07 Å². The molecule has 0 bridgehead atoms. The van der Waals surface area contributed by atoms with Crippen molar-refractivity contribution in [3.8, 4) is 5.75 Å². The summed E-state index contributed by atoms with van der Waals surface area (Å²) in [6.07, 6.45) is -0.304. The van der Waals surface area contributed by atoms with Crippen LogP contribution in [0.25, 0.3) is 0 Å². The molecule has 0 aliphatic carbocycles. The van der Waals surface area contributed by atoms with Gasteiger partial charge in [0.2, 0.25) is 0 Å². The Labute approximate surface area is 147 Å². The van der Waals surface area contributed by atoms with E-state index >= 15 is 0 Å². The number of carbonyl (C=O) groups is 1. The van der Waals surface area contributed by atoms with Gasteiger partial charge in [-0.25, -0.2) is 9.18 Å². The lowest BCUT2D eigenvalue weighted by atomic mass is 10.2. The molecule has 2 aliphatic heterocycles. The first-order valence-corrected chi connectivity index (χ1v) is 8.59. The first-order chi connectivity index (χ1) is 11.8. The summed E-state index contributed by atoms with van der Waals surface area (Å²) in [5.41, 5.74) is 0.0165. The zero-order valence-electron chi connectivity index (χ0n) is 15.0. The van der Waals surface area contributed by atoms with Crippen LogP contribution in [0.5, 0.6) is 5.75 Å². The molecular weight excluding hydrogens is 327 g/mol. The van der Waals surface area contributed by atoms with Gasteiger partial charge in [0.25, 0.3) is 0 Å². The Hall–Kier alpha value is -2.02. The molecule has 6 nitrogen and oxygen atoms in total. The summed E-state index contributed by atoms with van der Waals surface area (Å²) in [6, 6.07) is 4.91. The standard InChI is InChI=1S/C18H25FN2O4/c1-18(2,3)25-17(22)21-8-6-20(7-9-21)16-5-4-13(10-15(16)19)24-14-11-23-12-14/h4-5,10,14H,6-9,11-12H2,1-3H3. The zero-order valence-corrected chi connectivity index (χ0v) is 15.0. The van der Waals surface area contributed by atoms with E-state index in [9.17, 15) is 9.18 Å². The van der Waals surface area contributed by atoms with E-state index < -0.39 is 5.60 Å². The van der Waals surface area contributed by atoms with Crippen molar-refractivity contribution in [2.75, 3.05) is 44.3 Å². The number of ether oxygens (including phenoxy) is 3. The summed E-state index contributed by atoms with van der Waals surface area (Å²) < 4.78 is 30.5. The Morgan fingerprint density at radius 2 is 1.88 bits per heavy atom. The van der Waals surface area contributed by atoms with Crippen LogP contribution in [0.3, 0.4) is 0 Å². The summed E-state index contributed by atoms with van der Waals surface area (Å²) in [5, 5.41) is 0. The molecule has 1 aromatic carbocycles. The molecule has 2 heterocycles. The number of piperazine rings is 1. The Balaban J connectivity index is 1.56. The van der Waals surface area contributed by atoms with Crippen LogP contribution in [-0.4, -0.2) is 62.1 Å². The number of carbonyl (C=O) groups excluding carboxylic acids is 1. The van der Waals surface area contributed by atoms with Crippen LogP contribution in [0, 0.1) is 5.82 Å². The van der Waals surface area contributed by atoms with Crippen molar-refractivity contribution in [3.05, 3.63) is 24.0 Å². The van der Waals surface area contributed by atoms with Crippen LogP contribution in [0.15, 0.2) is 18.2 Å². The van der Waals surface area contributed by atoms with Crippen molar-refractivity contribution in [1.82, 2.24) is 4.90 Å². The first-order valence-electron chi connectivity index (χ1n) is 8.59. The van der Waals surface area contributed by atoms with Crippen molar-refractivity contribution in [2.24, 2.45) is 0 Å². The summed E-state index contributed by atoms with van der Waals surface area (Å²) in [5.74, 6) is 0.199. The molecule has 0 spiro atoms. The molecule has 2 aliphatic rings. The third kappa shape index (κ3) is 4.54. The van der Waals surface area contributed by atoms with Crippen molar-refractivity contribution in [1.29, 1.82) is 0 Å². The SMILES string of the molecule is CC(C)(C)OC(=O)N1CCN(c2ccc(OC3COC3)cc2F)CC1. The molecule has 3 rings (SSSR count). The quantitative estimate of drug-likeness (QED) is 0.837. The smallest absolute Gasteiger partial charge is 0.410 e. The predicted molar refractivity (Wildman–Crippen MR) is 91.7 cm³/mol. The van der Waals surface area contributed by atoms with Crippen LogP contribution < -0.4 is 9.64 Å². The molecule has 2 fully saturated rings. The molecular formula is C18H25FN2O4. The van der Waals surface area contributed by atoms with Gasteiger partial charge in [-0.1, -0.05) is 0 Å². The van der Waals surface area contributed by atoms with Crippen LogP contribution in [0.2, 0.25) is 0 Å². The van der Waals surface area contributed by atoms with Gasteiger partial charge in [-0.05, 0) is 32.9 Å². The van der Waals surface area contributed by atoms with Crippen LogP contribution in [0.1, 0.15) is 20.8 Å². The van der Waals surface area contributed by atoms with E-state index in [2.05, 4.69) is 0 Å². The summed E-state index contributed by atoms with van der Waals surface area (Å²) >= 11 is 0. The lowest BCUT2D eigenvalue weighted by molar-refractivity contribution is -0.0797. The fourth-order valence-electron chi connectivity index (χ4n) is 2.75. The van der Waals surface area contributed by atoms with E-state index in [0.29, 0.717) is 50.8 Å². The van der Waals surface area contributed by atoms with E-state index in [4.69, 9.17) is 14.2 Å². The molecule has 0 saturated carbocycles. The Bertz CT molecular complexity index is 620. The molecule has 138 valence electrons. The second-order valence-electron chi connectivity index (χ2n) is 7.34. The maximum Gasteiger partial charge on any atom is 0.410 e. The first kappa shape index (κ1) is 17.8. The fraction of sp³-hybridized carbons (Fsp3) is 0.611. The Morgan fingerprint density at radius 3 is 2.40 bits per heavy atom. The maximum absolute atomic E-state index is 14.4. The molecule has 0 unspecified atom stereocenters. The molecule has 0 atom stereocenters. The second kappa shape index (κ2) is 7.07. The highest BCUT2D eigenvalue weighted by atomic mass is 19.1. The van der Waals surface area contributed by atoms with Gasteiger partial charge in [0.05, 0.1) is 18.9 Å². The van der Waals surface area contributed by atoms with Crippen molar-refractivity contribution < 1.29 is 23.4 Å². The van der Waals surface area contributed by atoms with Gasteiger partial charge in [0, 0.05) is 32.2 Å². The molecule has 2 saturated heterocycles. The van der Waals surface area contributed by atoms with E-state index in [0.717, 1.165) is 0 Å². The molecule has 0 aromatic heterocycles. The van der Waals surface area contributed by atoms with Crippen molar-refractivity contribution in [3.63, 3.8) is 0 Å². The molecule has 7 heteroatoms. The molecule has 0 radical (unpaired) electrons. The van der Waals surface area contributed by atoms with E-state index in [1.807, 2.05) is 25.7 Å². The van der Waals surface area contributed by atoms with Gasteiger partial charge in [-0.2, -0.15) is 0 Å². The van der Waals surface area contributed by atoms with Gasteiger partial charge >= 0.3 is 6.09 Å². The summed E-state index contributed by atoms with van der Waals surface area (Å²) in [4.78, 5) is 15.7. The van der Waals surface area contributed by atoms with Crippen molar-refractivity contribution in [2.45, 2.75) is 32.5 Å². The highest BCUT2D eigenvalue weighted by Gasteiger charge is 2.27. The van der Waals surface area contributed by atoms with Gasteiger partial charge < -0.3 is 24.0 Å². The summed E-state index contributed by atoms with van der Waals surface area (Å²) in [7, 11) is 0. The Morgan fingerprint density at radius 1 is 1.20 bits per heavy atom. The zero-order chi connectivity index (χ0) is 18.0. The lowest BCUT2D eigenvalue weighted by Crippen LogP contribution is -2.50. The normalized spacial score (nSPS) is 18.7. The number of nitrogens with zero attached hydrogens (tertiary/aromatic N) is 2. The fourth-order valence-corrected chi connectivity index (χ4v) is 2.75. The highest BCUT2D eigenvalue weighted by Crippen LogP contribution is 2.26. The minimum Gasteiger partial charge on any atom is -0.485 e. The number of hydrogen-bond acceptors (Lipinski definition) is 5. The van der Waals surface area contributed by atoms with Gasteiger partial charge in [-0.3, -0.25) is 0 Å². The van der Waals surface area contributed by atoms with E-state index in [1.54, 1.807) is 17.0 Å². The molecule has 25 heavy (non-hydrogen) atoms. The Kier molecular flexibility index (Phi) is 5.03. The number of benzene rings is 1. The topological polar surface area (TPSA) is 51.2 Å². The van der Waals surface area contributed by atoms with Gasteiger partial charge in [0.15, 0.2) is 0 Å². The van der Waals surface area contributed by atoms with Crippen molar-refractivity contribution >= 4 is 11.8 Å². The maximum atomic E-state index is 14.4. The van der Waals surface area contributed by atoms with E-state index in [-0.39, 0.29) is 18.0 Å². The second-order valence-corrected chi connectivity index (χ2v) is 7.34. The summed E-state index contributed by atoms with van der Waals surface area (Å²) in [6.45, 7) is 8.77. The average Bonchev–Trinajstić information content (AvgIpc) is 2.50. The average molecular weight is 352 g/mol. The molecule has 1 amide bonds. The molecule has 0 N–H and O–H groups in total. The number of hydrogen-bond donors (Lipinski definition) is 0. The predicted octanol–water partition coefficient (Wildman–Crippen LogP) is 2.66. The lowest BCUT2D eigenvalue weighted by Gasteiger charge is -2.37. The number of anilines is 1. The minimum atomic E-state index is -0.512. The third-order valence-corrected chi connectivity index (χ3v) is 4.10. The number of halogens is 1. The van der Waals surface area contributed by atoms with Crippen LogP contribution in [-0.2, 0) is 9.47 Å². The minimum absolute atomic E-state index is 0.0163. The highest BCUT2D eigenvalue weighted by molar-refractivity contribution is 5.68. The van der Waals surface area contributed by atoms with Crippen LogP contribution in [0.4, 0.5) is 14.9 Å². The number of rotatable bonds is 3. The van der Waals surface area contributed by atoms with Gasteiger partial charge in [-0.15, -0.1) is 0 Å². The van der Waals surface area contributed by atoms with Gasteiger partial charge in [0.1, 0.15) is 23.3 Å². The monoisotopic (exact) mass is 352 g/mol. The van der Waals surface area contributed by atoms with Crippen LogP contribution >= 0.6 is 0 Å².